The molecule has 1 unspecified atom stereocenters. The molecule has 1 atom stereocenters. The quantitative estimate of drug-likeness (QED) is 0.787. The zero-order valence-corrected chi connectivity index (χ0v) is 8.72. The number of halogens is 1. The van der Waals surface area contributed by atoms with Crippen LogP contribution in [0.1, 0.15) is 18.4 Å². The smallest absolute Gasteiger partial charge is 0.117 e. The number of hydrogen-bond donors (Lipinski definition) is 2. The van der Waals surface area contributed by atoms with E-state index in [1.165, 1.54) is 12.8 Å². The summed E-state index contributed by atoms with van der Waals surface area (Å²) in [5.74, 6) is 0.255. The Bertz CT molecular complexity index is 301. The standard InChI is InChI=1S/C11H14ClNO/c12-9-4-8(6-11(14)7-9)5-10-2-1-3-13-10/h4,6-7,10,13-14H,1-3,5H2. The van der Waals surface area contributed by atoms with Crippen molar-refractivity contribution in [2.24, 2.45) is 0 Å². The van der Waals surface area contributed by atoms with Crippen molar-refractivity contribution in [1.29, 1.82) is 0 Å². The normalized spacial score (nSPS) is 21.4. The number of hydrogen-bond acceptors (Lipinski definition) is 2. The first-order chi connectivity index (χ1) is 6.74. The van der Waals surface area contributed by atoms with Crippen molar-refractivity contribution in [2.75, 3.05) is 6.54 Å². The molecule has 2 N–H and O–H groups in total. The molecule has 0 aromatic heterocycles. The van der Waals surface area contributed by atoms with E-state index in [0.29, 0.717) is 11.1 Å². The molecule has 3 heteroatoms. The second-order valence-corrected chi connectivity index (χ2v) is 4.25. The second kappa shape index (κ2) is 4.20. The van der Waals surface area contributed by atoms with Gasteiger partial charge < -0.3 is 10.4 Å². The minimum absolute atomic E-state index is 0.255. The van der Waals surface area contributed by atoms with Crippen molar-refractivity contribution in [3.8, 4) is 5.75 Å². The lowest BCUT2D eigenvalue weighted by molar-refractivity contribution is 0.474. The summed E-state index contributed by atoms with van der Waals surface area (Å²) in [6.45, 7) is 1.11. The van der Waals surface area contributed by atoms with E-state index in [2.05, 4.69) is 5.32 Å². The van der Waals surface area contributed by atoms with Gasteiger partial charge >= 0.3 is 0 Å². The van der Waals surface area contributed by atoms with Crippen LogP contribution in [0.2, 0.25) is 5.02 Å². The third kappa shape index (κ3) is 2.40. The third-order valence-corrected chi connectivity index (χ3v) is 2.81. The SMILES string of the molecule is Oc1cc(Cl)cc(CC2CCCN2)c1. The van der Waals surface area contributed by atoms with Gasteiger partial charge in [-0.2, -0.15) is 0 Å². The zero-order valence-electron chi connectivity index (χ0n) is 7.96. The predicted molar refractivity (Wildman–Crippen MR) is 57.8 cm³/mol. The molecule has 1 fully saturated rings. The molecule has 0 saturated carbocycles. The molecule has 1 heterocycles. The Morgan fingerprint density at radius 1 is 1.43 bits per heavy atom. The summed E-state index contributed by atoms with van der Waals surface area (Å²) in [4.78, 5) is 0. The minimum Gasteiger partial charge on any atom is -0.508 e. The molecule has 0 spiro atoms. The van der Waals surface area contributed by atoms with Crippen LogP contribution in [0.5, 0.6) is 5.75 Å². The van der Waals surface area contributed by atoms with E-state index in [0.717, 1.165) is 18.5 Å². The first kappa shape index (κ1) is 9.81. The molecule has 0 amide bonds. The topological polar surface area (TPSA) is 32.3 Å². The molecule has 2 nitrogen and oxygen atoms in total. The van der Waals surface area contributed by atoms with Crippen molar-refractivity contribution in [3.05, 3.63) is 28.8 Å². The molecule has 1 aromatic carbocycles. The van der Waals surface area contributed by atoms with Crippen LogP contribution in [0.3, 0.4) is 0 Å². The Morgan fingerprint density at radius 3 is 2.93 bits per heavy atom. The van der Waals surface area contributed by atoms with Crippen molar-refractivity contribution in [1.82, 2.24) is 5.32 Å². The lowest BCUT2D eigenvalue weighted by atomic mass is 10.0. The fraction of sp³-hybridized carbons (Fsp3) is 0.455. The van der Waals surface area contributed by atoms with E-state index < -0.39 is 0 Å². The highest BCUT2D eigenvalue weighted by Crippen LogP contribution is 2.22. The van der Waals surface area contributed by atoms with Crippen molar-refractivity contribution in [2.45, 2.75) is 25.3 Å². The van der Waals surface area contributed by atoms with Gasteiger partial charge in [-0.1, -0.05) is 11.6 Å². The minimum atomic E-state index is 0.255. The summed E-state index contributed by atoms with van der Waals surface area (Å²) >= 11 is 5.86. The van der Waals surface area contributed by atoms with E-state index in [1.807, 2.05) is 6.07 Å². The van der Waals surface area contributed by atoms with Gasteiger partial charge in [-0.3, -0.25) is 0 Å². The molecular formula is C11H14ClNO. The lowest BCUT2D eigenvalue weighted by Crippen LogP contribution is -2.23. The summed E-state index contributed by atoms with van der Waals surface area (Å²) in [7, 11) is 0. The van der Waals surface area contributed by atoms with Gasteiger partial charge in [0.2, 0.25) is 0 Å². The molecule has 14 heavy (non-hydrogen) atoms. The van der Waals surface area contributed by atoms with Crippen LogP contribution in [0.25, 0.3) is 0 Å². The summed E-state index contributed by atoms with van der Waals surface area (Å²) < 4.78 is 0. The maximum absolute atomic E-state index is 9.36. The van der Waals surface area contributed by atoms with Crippen LogP contribution in [-0.2, 0) is 6.42 Å². The summed E-state index contributed by atoms with van der Waals surface area (Å²) in [6.07, 6.45) is 3.42. The Hall–Kier alpha value is -0.730. The highest BCUT2D eigenvalue weighted by molar-refractivity contribution is 6.30. The van der Waals surface area contributed by atoms with Gasteiger partial charge in [0.25, 0.3) is 0 Å². The number of nitrogens with one attached hydrogen (secondary N) is 1. The Kier molecular flexibility index (Phi) is 2.94. The molecule has 0 radical (unpaired) electrons. The molecule has 1 aliphatic heterocycles. The van der Waals surface area contributed by atoms with Gasteiger partial charge in [0.05, 0.1) is 0 Å². The van der Waals surface area contributed by atoms with Gasteiger partial charge in [-0.15, -0.1) is 0 Å². The zero-order chi connectivity index (χ0) is 9.97. The molecule has 1 aromatic rings. The van der Waals surface area contributed by atoms with E-state index in [1.54, 1.807) is 12.1 Å². The summed E-state index contributed by atoms with van der Waals surface area (Å²) in [6, 6.07) is 5.81. The van der Waals surface area contributed by atoms with Crippen LogP contribution in [0.4, 0.5) is 0 Å². The van der Waals surface area contributed by atoms with Crippen LogP contribution >= 0.6 is 11.6 Å². The van der Waals surface area contributed by atoms with E-state index in [9.17, 15) is 5.11 Å². The Labute approximate surface area is 88.9 Å². The molecule has 1 aliphatic rings. The first-order valence-corrected chi connectivity index (χ1v) is 5.33. The number of phenolic OH excluding ortho intramolecular Hbond substituents is 1. The average molecular weight is 212 g/mol. The number of benzene rings is 1. The van der Waals surface area contributed by atoms with Crippen LogP contribution in [-0.4, -0.2) is 17.7 Å². The van der Waals surface area contributed by atoms with E-state index in [-0.39, 0.29) is 5.75 Å². The molecule has 0 aliphatic carbocycles. The van der Waals surface area contributed by atoms with Crippen molar-refractivity contribution < 1.29 is 5.11 Å². The average Bonchev–Trinajstić information content (AvgIpc) is 2.54. The van der Waals surface area contributed by atoms with Crippen LogP contribution in [0, 0.1) is 0 Å². The maximum atomic E-state index is 9.36. The monoisotopic (exact) mass is 211 g/mol. The third-order valence-electron chi connectivity index (χ3n) is 2.59. The largest absolute Gasteiger partial charge is 0.508 e. The molecule has 2 rings (SSSR count). The number of aromatic hydroxyl groups is 1. The predicted octanol–water partition coefficient (Wildman–Crippen LogP) is 2.34. The summed E-state index contributed by atoms with van der Waals surface area (Å²) in [5.41, 5.74) is 1.11. The van der Waals surface area contributed by atoms with Gasteiger partial charge in [-0.25, -0.2) is 0 Å². The molecule has 76 valence electrons. The maximum Gasteiger partial charge on any atom is 0.117 e. The van der Waals surface area contributed by atoms with Crippen molar-refractivity contribution in [3.63, 3.8) is 0 Å². The number of phenols is 1. The molecular weight excluding hydrogens is 198 g/mol. The van der Waals surface area contributed by atoms with Gasteiger partial charge in [0, 0.05) is 11.1 Å². The molecule has 0 bridgehead atoms. The van der Waals surface area contributed by atoms with E-state index >= 15 is 0 Å². The first-order valence-electron chi connectivity index (χ1n) is 4.96. The van der Waals surface area contributed by atoms with E-state index in [4.69, 9.17) is 11.6 Å². The lowest BCUT2D eigenvalue weighted by Gasteiger charge is -2.10. The second-order valence-electron chi connectivity index (χ2n) is 3.82. The Morgan fingerprint density at radius 2 is 2.29 bits per heavy atom. The van der Waals surface area contributed by atoms with Gasteiger partial charge in [0.15, 0.2) is 0 Å². The highest BCUT2D eigenvalue weighted by atomic mass is 35.5. The summed E-state index contributed by atoms with van der Waals surface area (Å²) in [5, 5.41) is 13.4. The fourth-order valence-corrected chi connectivity index (χ4v) is 2.22. The van der Waals surface area contributed by atoms with Gasteiger partial charge in [-0.05, 0) is 49.6 Å². The van der Waals surface area contributed by atoms with Crippen LogP contribution < -0.4 is 5.32 Å². The van der Waals surface area contributed by atoms with Gasteiger partial charge in [0.1, 0.15) is 5.75 Å². The Balaban J connectivity index is 2.07. The highest BCUT2D eigenvalue weighted by Gasteiger charge is 2.14. The fourth-order valence-electron chi connectivity index (χ4n) is 1.97. The number of rotatable bonds is 2. The molecule has 1 saturated heterocycles. The van der Waals surface area contributed by atoms with Crippen LogP contribution in [0.15, 0.2) is 18.2 Å². The van der Waals surface area contributed by atoms with Crippen molar-refractivity contribution >= 4 is 11.6 Å².